The Morgan fingerprint density at radius 2 is 2.06 bits per heavy atom. The van der Waals surface area contributed by atoms with Crippen LogP contribution in [0.3, 0.4) is 0 Å². The Morgan fingerprint density at radius 1 is 1.24 bits per heavy atom. The number of ether oxygens (including phenoxy) is 1. The van der Waals surface area contributed by atoms with Crippen molar-refractivity contribution in [3.63, 3.8) is 0 Å². The van der Waals surface area contributed by atoms with Crippen LogP contribution in [0, 0.1) is 0 Å². The van der Waals surface area contributed by atoms with E-state index in [1.165, 1.54) is 6.20 Å². The molecule has 0 fully saturated rings. The molecule has 2 aromatic heterocycles. The lowest BCUT2D eigenvalue weighted by atomic mass is 10.3. The maximum Gasteiger partial charge on any atom is 0.219 e. The van der Waals surface area contributed by atoms with E-state index in [1.807, 2.05) is 0 Å². The zero-order chi connectivity index (χ0) is 12.3. The standard InChI is InChI=1S/C11H7BrCl2N2O/c12-8-2-9(5-15-4-8)17-11-1-7(3-13)10(14)6-16-11/h1-2,4-6H,3H2. The third-order valence-electron chi connectivity index (χ3n) is 1.96. The van der Waals surface area contributed by atoms with E-state index in [1.54, 1.807) is 24.5 Å². The van der Waals surface area contributed by atoms with Gasteiger partial charge in [0.05, 0.1) is 11.2 Å². The van der Waals surface area contributed by atoms with E-state index in [9.17, 15) is 0 Å². The fourth-order valence-electron chi connectivity index (χ4n) is 1.19. The average Bonchev–Trinajstić information content (AvgIpc) is 2.32. The number of hydrogen-bond acceptors (Lipinski definition) is 3. The van der Waals surface area contributed by atoms with Crippen LogP contribution in [0.25, 0.3) is 0 Å². The van der Waals surface area contributed by atoms with Gasteiger partial charge < -0.3 is 4.74 Å². The molecule has 2 aromatic rings. The molecule has 3 nitrogen and oxygen atoms in total. The first-order chi connectivity index (χ1) is 8.19. The maximum atomic E-state index is 5.90. The van der Waals surface area contributed by atoms with Crippen molar-refractivity contribution in [2.24, 2.45) is 0 Å². The van der Waals surface area contributed by atoms with E-state index in [-0.39, 0.29) is 0 Å². The van der Waals surface area contributed by atoms with Crippen LogP contribution < -0.4 is 4.74 Å². The maximum absolute atomic E-state index is 5.90. The van der Waals surface area contributed by atoms with Crippen molar-refractivity contribution < 1.29 is 4.74 Å². The predicted molar refractivity (Wildman–Crippen MR) is 70.8 cm³/mol. The molecule has 0 unspecified atom stereocenters. The van der Waals surface area contributed by atoms with Crippen molar-refractivity contribution in [3.05, 3.63) is 45.8 Å². The number of nitrogens with zero attached hydrogens (tertiary/aromatic N) is 2. The lowest BCUT2D eigenvalue weighted by molar-refractivity contribution is 0.460. The van der Waals surface area contributed by atoms with Crippen LogP contribution in [0.5, 0.6) is 11.6 Å². The Bertz CT molecular complexity index is 537. The minimum atomic E-state index is 0.314. The third-order valence-corrected chi connectivity index (χ3v) is 3.02. The monoisotopic (exact) mass is 332 g/mol. The number of hydrogen-bond donors (Lipinski definition) is 0. The van der Waals surface area contributed by atoms with Gasteiger partial charge in [-0.3, -0.25) is 4.98 Å². The van der Waals surface area contributed by atoms with E-state index in [0.717, 1.165) is 10.0 Å². The molecule has 0 bridgehead atoms. The van der Waals surface area contributed by atoms with Crippen molar-refractivity contribution in [1.29, 1.82) is 0 Å². The number of pyridine rings is 2. The largest absolute Gasteiger partial charge is 0.437 e. The second-order valence-electron chi connectivity index (χ2n) is 3.19. The summed E-state index contributed by atoms with van der Waals surface area (Å²) in [4.78, 5) is 8.04. The fraction of sp³-hybridized carbons (Fsp3) is 0.0909. The summed E-state index contributed by atoms with van der Waals surface area (Å²) in [5.41, 5.74) is 0.779. The molecule has 0 aromatic carbocycles. The summed E-state index contributed by atoms with van der Waals surface area (Å²) in [5, 5.41) is 0.528. The van der Waals surface area contributed by atoms with Gasteiger partial charge in [-0.05, 0) is 27.6 Å². The summed E-state index contributed by atoms with van der Waals surface area (Å²) in [7, 11) is 0. The first-order valence-electron chi connectivity index (χ1n) is 4.68. The summed E-state index contributed by atoms with van der Waals surface area (Å²) in [5.74, 6) is 1.34. The van der Waals surface area contributed by atoms with Crippen LogP contribution >= 0.6 is 39.1 Å². The summed E-state index contributed by atoms with van der Waals surface area (Å²) in [6.07, 6.45) is 4.79. The van der Waals surface area contributed by atoms with E-state index in [0.29, 0.717) is 22.5 Å². The molecule has 0 amide bonds. The molecule has 0 aliphatic carbocycles. The van der Waals surface area contributed by atoms with Gasteiger partial charge in [-0.25, -0.2) is 4.98 Å². The third kappa shape index (κ3) is 3.31. The van der Waals surface area contributed by atoms with Gasteiger partial charge in [0.15, 0.2) is 0 Å². The van der Waals surface area contributed by atoms with Crippen LogP contribution in [0.1, 0.15) is 5.56 Å². The molecule has 88 valence electrons. The highest BCUT2D eigenvalue weighted by Crippen LogP contribution is 2.25. The molecule has 17 heavy (non-hydrogen) atoms. The molecule has 0 aliphatic rings. The minimum absolute atomic E-state index is 0.314. The van der Waals surface area contributed by atoms with Gasteiger partial charge in [0.2, 0.25) is 5.88 Å². The number of alkyl halides is 1. The molecule has 2 rings (SSSR count). The van der Waals surface area contributed by atoms with Crippen LogP contribution in [-0.2, 0) is 5.88 Å². The van der Waals surface area contributed by atoms with E-state index < -0.39 is 0 Å². The lowest BCUT2D eigenvalue weighted by Crippen LogP contribution is -1.91. The number of aromatic nitrogens is 2. The summed E-state index contributed by atoms with van der Waals surface area (Å²) >= 11 is 15.0. The zero-order valence-electron chi connectivity index (χ0n) is 8.53. The number of rotatable bonds is 3. The van der Waals surface area contributed by atoms with Crippen LogP contribution in [-0.4, -0.2) is 9.97 Å². The Morgan fingerprint density at radius 3 is 2.76 bits per heavy atom. The first-order valence-corrected chi connectivity index (χ1v) is 6.38. The van der Waals surface area contributed by atoms with Crippen molar-refractivity contribution in [3.8, 4) is 11.6 Å². The Kier molecular flexibility index (Phi) is 4.20. The fourth-order valence-corrected chi connectivity index (χ4v) is 1.99. The first kappa shape index (κ1) is 12.6. The smallest absolute Gasteiger partial charge is 0.219 e. The van der Waals surface area contributed by atoms with Gasteiger partial charge in [0, 0.05) is 28.8 Å². The normalized spacial score (nSPS) is 10.3. The Hall–Kier alpha value is -0.840. The van der Waals surface area contributed by atoms with E-state index >= 15 is 0 Å². The molecule has 6 heteroatoms. The molecule has 0 radical (unpaired) electrons. The van der Waals surface area contributed by atoms with Gasteiger partial charge in [-0.15, -0.1) is 11.6 Å². The van der Waals surface area contributed by atoms with Crippen LogP contribution in [0.4, 0.5) is 0 Å². The quantitative estimate of drug-likeness (QED) is 0.780. The lowest BCUT2D eigenvalue weighted by Gasteiger charge is -2.06. The predicted octanol–water partition coefficient (Wildman–Crippen LogP) is 4.42. The zero-order valence-corrected chi connectivity index (χ0v) is 11.6. The van der Waals surface area contributed by atoms with Gasteiger partial charge in [-0.1, -0.05) is 11.6 Å². The number of halogens is 3. The van der Waals surface area contributed by atoms with Crippen LogP contribution in [0.15, 0.2) is 35.2 Å². The van der Waals surface area contributed by atoms with Gasteiger partial charge in [-0.2, -0.15) is 0 Å². The van der Waals surface area contributed by atoms with Crippen molar-refractivity contribution in [2.45, 2.75) is 5.88 Å². The highest BCUT2D eigenvalue weighted by molar-refractivity contribution is 9.10. The van der Waals surface area contributed by atoms with E-state index in [4.69, 9.17) is 27.9 Å². The van der Waals surface area contributed by atoms with Crippen molar-refractivity contribution >= 4 is 39.1 Å². The van der Waals surface area contributed by atoms with Gasteiger partial charge in [0.25, 0.3) is 0 Å². The minimum Gasteiger partial charge on any atom is -0.437 e. The molecule has 0 aliphatic heterocycles. The summed E-state index contributed by atoms with van der Waals surface area (Å²) in [6.45, 7) is 0. The summed E-state index contributed by atoms with van der Waals surface area (Å²) < 4.78 is 6.37. The van der Waals surface area contributed by atoms with Crippen molar-refractivity contribution in [2.75, 3.05) is 0 Å². The topological polar surface area (TPSA) is 35.0 Å². The SMILES string of the molecule is ClCc1cc(Oc2cncc(Br)c2)ncc1Cl. The molecular weight excluding hydrogens is 327 g/mol. The van der Waals surface area contributed by atoms with E-state index in [2.05, 4.69) is 25.9 Å². The Balaban J connectivity index is 2.24. The molecule has 2 heterocycles. The average molecular weight is 334 g/mol. The highest BCUT2D eigenvalue weighted by Gasteiger charge is 2.05. The molecule has 0 spiro atoms. The van der Waals surface area contributed by atoms with Gasteiger partial charge >= 0.3 is 0 Å². The van der Waals surface area contributed by atoms with Gasteiger partial charge in [0.1, 0.15) is 5.75 Å². The molecule has 0 N–H and O–H groups in total. The molecule has 0 saturated heterocycles. The Labute approximate surface area is 117 Å². The second-order valence-corrected chi connectivity index (χ2v) is 4.78. The highest BCUT2D eigenvalue weighted by atomic mass is 79.9. The molecule has 0 atom stereocenters. The molecule has 0 saturated carbocycles. The second kappa shape index (κ2) is 5.67. The molecular formula is C11H7BrCl2N2O. The van der Waals surface area contributed by atoms with Crippen LogP contribution in [0.2, 0.25) is 5.02 Å². The van der Waals surface area contributed by atoms with Crippen molar-refractivity contribution in [1.82, 2.24) is 9.97 Å². The summed E-state index contributed by atoms with van der Waals surface area (Å²) in [6, 6.07) is 3.50.